The van der Waals surface area contributed by atoms with Gasteiger partial charge in [0.05, 0.1) is 0 Å². The van der Waals surface area contributed by atoms with Gasteiger partial charge in [-0.1, -0.05) is 13.0 Å². The highest BCUT2D eigenvalue weighted by Gasteiger charge is 1.98. The largest absolute Gasteiger partial charge is 0.328 e. The van der Waals surface area contributed by atoms with Crippen molar-refractivity contribution in [3.8, 4) is 0 Å². The van der Waals surface area contributed by atoms with E-state index in [9.17, 15) is 0 Å². The Balaban J connectivity index is 2.20. The molecular weight excluding hydrogens is 160 g/mol. The van der Waals surface area contributed by atoms with Crippen molar-refractivity contribution in [2.75, 3.05) is 0 Å². The number of aromatic nitrogens is 1. The van der Waals surface area contributed by atoms with Crippen LogP contribution >= 0.6 is 0 Å². The van der Waals surface area contributed by atoms with E-state index in [1.807, 2.05) is 12.3 Å². The Morgan fingerprint density at radius 3 is 3.00 bits per heavy atom. The third-order valence-corrected chi connectivity index (χ3v) is 2.29. The second-order valence-electron chi connectivity index (χ2n) is 3.42. The maximum absolute atomic E-state index is 5.82. The third kappa shape index (κ3) is 4.04. The molecule has 1 aromatic heterocycles. The molecule has 1 heterocycles. The average Bonchev–Trinajstić information content (AvgIpc) is 2.19. The fourth-order valence-corrected chi connectivity index (χ4v) is 1.32. The molecule has 0 bridgehead atoms. The molecule has 1 atom stereocenters. The number of hydrogen-bond acceptors (Lipinski definition) is 2. The Kier molecular flexibility index (Phi) is 4.47. The van der Waals surface area contributed by atoms with Crippen LogP contribution in [-0.2, 0) is 6.42 Å². The lowest BCUT2D eigenvalue weighted by molar-refractivity contribution is 0.568. The summed E-state index contributed by atoms with van der Waals surface area (Å²) in [5, 5.41) is 0. The van der Waals surface area contributed by atoms with E-state index in [0.29, 0.717) is 6.04 Å². The minimum Gasteiger partial charge on any atom is -0.328 e. The van der Waals surface area contributed by atoms with Crippen molar-refractivity contribution >= 4 is 0 Å². The molecule has 1 rings (SSSR count). The highest BCUT2D eigenvalue weighted by atomic mass is 14.6. The first-order valence-corrected chi connectivity index (χ1v) is 4.97. The van der Waals surface area contributed by atoms with Crippen molar-refractivity contribution < 1.29 is 0 Å². The summed E-state index contributed by atoms with van der Waals surface area (Å²) in [5.74, 6) is 0. The van der Waals surface area contributed by atoms with Gasteiger partial charge in [0.1, 0.15) is 0 Å². The molecular formula is C11H18N2. The number of hydrogen-bond donors (Lipinski definition) is 1. The molecule has 0 aromatic carbocycles. The zero-order valence-corrected chi connectivity index (χ0v) is 8.24. The fourth-order valence-electron chi connectivity index (χ4n) is 1.32. The smallest absolute Gasteiger partial charge is 0.0299 e. The summed E-state index contributed by atoms with van der Waals surface area (Å²) < 4.78 is 0. The molecule has 72 valence electrons. The van der Waals surface area contributed by atoms with E-state index < -0.39 is 0 Å². The van der Waals surface area contributed by atoms with Crippen LogP contribution in [0.4, 0.5) is 0 Å². The molecule has 0 radical (unpaired) electrons. The number of nitrogens with two attached hydrogens (primary N) is 1. The minimum atomic E-state index is 0.372. The molecule has 0 fully saturated rings. The summed E-state index contributed by atoms with van der Waals surface area (Å²) in [4.78, 5) is 4.07. The molecule has 0 amide bonds. The molecule has 1 unspecified atom stereocenters. The van der Waals surface area contributed by atoms with Crippen molar-refractivity contribution in [2.45, 2.75) is 38.6 Å². The second kappa shape index (κ2) is 5.70. The summed E-state index contributed by atoms with van der Waals surface area (Å²) in [6, 6.07) is 4.47. The van der Waals surface area contributed by atoms with Gasteiger partial charge in [0, 0.05) is 18.4 Å². The molecule has 0 aliphatic carbocycles. The fraction of sp³-hybridized carbons (Fsp3) is 0.545. The first kappa shape index (κ1) is 10.2. The Morgan fingerprint density at radius 1 is 1.54 bits per heavy atom. The normalized spacial score (nSPS) is 12.8. The van der Waals surface area contributed by atoms with E-state index in [2.05, 4.69) is 18.0 Å². The lowest BCUT2D eigenvalue weighted by atomic mass is 10.1. The van der Waals surface area contributed by atoms with E-state index in [0.717, 1.165) is 19.3 Å². The van der Waals surface area contributed by atoms with E-state index in [1.54, 1.807) is 6.20 Å². The maximum Gasteiger partial charge on any atom is 0.0299 e. The van der Waals surface area contributed by atoms with Crippen molar-refractivity contribution in [2.24, 2.45) is 5.73 Å². The topological polar surface area (TPSA) is 38.9 Å². The highest BCUT2D eigenvalue weighted by molar-refractivity contribution is 5.08. The number of aryl methyl sites for hydroxylation is 1. The van der Waals surface area contributed by atoms with E-state index in [-0.39, 0.29) is 0 Å². The van der Waals surface area contributed by atoms with Gasteiger partial charge in [0.25, 0.3) is 0 Å². The van der Waals surface area contributed by atoms with Crippen LogP contribution in [0, 0.1) is 0 Å². The van der Waals surface area contributed by atoms with Gasteiger partial charge < -0.3 is 5.73 Å². The Bertz CT molecular complexity index is 221. The van der Waals surface area contributed by atoms with Gasteiger partial charge in [0.15, 0.2) is 0 Å². The summed E-state index contributed by atoms with van der Waals surface area (Å²) >= 11 is 0. The molecule has 0 aliphatic heterocycles. The molecule has 1 aromatic rings. The highest BCUT2D eigenvalue weighted by Crippen LogP contribution is 2.05. The third-order valence-electron chi connectivity index (χ3n) is 2.29. The average molecular weight is 178 g/mol. The van der Waals surface area contributed by atoms with Gasteiger partial charge >= 0.3 is 0 Å². The Hall–Kier alpha value is -0.890. The van der Waals surface area contributed by atoms with Gasteiger partial charge in [-0.05, 0) is 37.3 Å². The number of rotatable bonds is 5. The summed E-state index contributed by atoms with van der Waals surface area (Å²) in [6.45, 7) is 2.13. The number of pyridine rings is 1. The summed E-state index contributed by atoms with van der Waals surface area (Å²) in [7, 11) is 0. The Labute approximate surface area is 80.2 Å². The van der Waals surface area contributed by atoms with Crippen LogP contribution in [0.25, 0.3) is 0 Å². The number of nitrogens with zero attached hydrogens (tertiary/aromatic N) is 1. The van der Waals surface area contributed by atoms with Crippen molar-refractivity contribution in [1.29, 1.82) is 0 Å². The summed E-state index contributed by atoms with van der Waals surface area (Å²) in [6.07, 6.45) is 8.19. The van der Waals surface area contributed by atoms with Gasteiger partial charge in [-0.2, -0.15) is 0 Å². The van der Waals surface area contributed by atoms with E-state index in [1.165, 1.54) is 12.0 Å². The Morgan fingerprint density at radius 2 is 2.38 bits per heavy atom. The standard InChI is InChI=1S/C11H18N2/c1-2-11(12)7-3-5-10-6-4-8-13-9-10/h4,6,8-9,11H,2-3,5,7,12H2,1H3. The van der Waals surface area contributed by atoms with Crippen LogP contribution in [0.15, 0.2) is 24.5 Å². The van der Waals surface area contributed by atoms with Crippen LogP contribution in [-0.4, -0.2) is 11.0 Å². The van der Waals surface area contributed by atoms with Crippen LogP contribution in [0.1, 0.15) is 31.7 Å². The van der Waals surface area contributed by atoms with E-state index in [4.69, 9.17) is 5.73 Å². The minimum absolute atomic E-state index is 0.372. The quantitative estimate of drug-likeness (QED) is 0.750. The monoisotopic (exact) mass is 178 g/mol. The first-order valence-electron chi connectivity index (χ1n) is 4.97. The molecule has 2 nitrogen and oxygen atoms in total. The molecule has 2 heteroatoms. The van der Waals surface area contributed by atoms with E-state index >= 15 is 0 Å². The lowest BCUT2D eigenvalue weighted by Crippen LogP contribution is -2.18. The SMILES string of the molecule is CCC(N)CCCc1cccnc1. The predicted octanol–water partition coefficient (Wildman–Crippen LogP) is 2.14. The predicted molar refractivity (Wildman–Crippen MR) is 55.4 cm³/mol. The summed E-state index contributed by atoms with van der Waals surface area (Å²) in [5.41, 5.74) is 7.13. The molecule has 0 saturated heterocycles. The zero-order chi connectivity index (χ0) is 9.52. The molecule has 0 spiro atoms. The zero-order valence-electron chi connectivity index (χ0n) is 8.24. The molecule has 2 N–H and O–H groups in total. The van der Waals surface area contributed by atoms with Gasteiger partial charge in [-0.25, -0.2) is 0 Å². The molecule has 0 aliphatic rings. The van der Waals surface area contributed by atoms with Gasteiger partial charge in [-0.15, -0.1) is 0 Å². The van der Waals surface area contributed by atoms with Crippen molar-refractivity contribution in [3.63, 3.8) is 0 Å². The molecule has 13 heavy (non-hydrogen) atoms. The van der Waals surface area contributed by atoms with Crippen molar-refractivity contribution in [3.05, 3.63) is 30.1 Å². The first-order chi connectivity index (χ1) is 6.33. The van der Waals surface area contributed by atoms with Gasteiger partial charge in [-0.3, -0.25) is 4.98 Å². The van der Waals surface area contributed by atoms with Crippen LogP contribution in [0.5, 0.6) is 0 Å². The maximum atomic E-state index is 5.82. The van der Waals surface area contributed by atoms with Crippen LogP contribution < -0.4 is 5.73 Å². The van der Waals surface area contributed by atoms with Crippen LogP contribution in [0.3, 0.4) is 0 Å². The van der Waals surface area contributed by atoms with Gasteiger partial charge in [0.2, 0.25) is 0 Å². The van der Waals surface area contributed by atoms with Crippen molar-refractivity contribution in [1.82, 2.24) is 4.98 Å². The van der Waals surface area contributed by atoms with Crippen LogP contribution in [0.2, 0.25) is 0 Å². The lowest BCUT2D eigenvalue weighted by Gasteiger charge is -2.07. The second-order valence-corrected chi connectivity index (χ2v) is 3.42. The molecule has 0 saturated carbocycles.